The fourth-order valence-corrected chi connectivity index (χ4v) is 2.85. The van der Waals surface area contributed by atoms with Crippen molar-refractivity contribution in [1.82, 2.24) is 20.4 Å². The van der Waals surface area contributed by atoms with Crippen LogP contribution in [0, 0.1) is 0 Å². The van der Waals surface area contributed by atoms with Crippen LogP contribution in [0.3, 0.4) is 0 Å². The van der Waals surface area contributed by atoms with Gasteiger partial charge in [-0.1, -0.05) is 13.8 Å². The number of hydrogen-bond donors (Lipinski definition) is 2. The highest BCUT2D eigenvalue weighted by molar-refractivity contribution is 7.98. The zero-order valence-corrected chi connectivity index (χ0v) is 14.2. The molecule has 1 aromatic rings. The molecule has 22 heavy (non-hydrogen) atoms. The molecule has 1 unspecified atom stereocenters. The van der Waals surface area contributed by atoms with Crippen molar-refractivity contribution in [3.63, 3.8) is 0 Å². The second-order valence-corrected chi connectivity index (χ2v) is 6.90. The lowest BCUT2D eigenvalue weighted by atomic mass is 10.1. The third-order valence-electron chi connectivity index (χ3n) is 3.81. The van der Waals surface area contributed by atoms with Gasteiger partial charge in [0.1, 0.15) is 5.69 Å². The second-order valence-electron chi connectivity index (χ2n) is 5.91. The minimum absolute atomic E-state index is 0.0572. The number of aromatic nitrogens is 2. The molecule has 7 heteroatoms. The lowest BCUT2D eigenvalue weighted by Gasteiger charge is -2.16. The largest absolute Gasteiger partial charge is 0.351 e. The predicted octanol–water partition coefficient (Wildman–Crippen LogP) is 1.62. The zero-order chi connectivity index (χ0) is 16.1. The van der Waals surface area contributed by atoms with E-state index in [1.165, 1.54) is 0 Å². The monoisotopic (exact) mass is 324 g/mol. The molecule has 2 amide bonds. The molecular weight excluding hydrogens is 300 g/mol. The maximum Gasteiger partial charge on any atom is 0.274 e. The maximum atomic E-state index is 12.4. The minimum atomic E-state index is -0.0657. The minimum Gasteiger partial charge on any atom is -0.351 e. The van der Waals surface area contributed by atoms with Crippen LogP contribution in [0.15, 0.2) is 6.07 Å². The van der Waals surface area contributed by atoms with Crippen LogP contribution in [-0.4, -0.2) is 58.1 Å². The zero-order valence-electron chi connectivity index (χ0n) is 13.4. The van der Waals surface area contributed by atoms with Gasteiger partial charge in [-0.15, -0.1) is 0 Å². The van der Waals surface area contributed by atoms with Crippen LogP contribution in [0.2, 0.25) is 0 Å². The molecule has 0 bridgehead atoms. The molecule has 0 radical (unpaired) electrons. The van der Waals surface area contributed by atoms with E-state index in [1.807, 2.05) is 12.3 Å². The van der Waals surface area contributed by atoms with Crippen LogP contribution >= 0.6 is 11.8 Å². The van der Waals surface area contributed by atoms with E-state index < -0.39 is 0 Å². The molecule has 1 aliphatic rings. The lowest BCUT2D eigenvalue weighted by molar-refractivity contribution is -0.121. The average molecular weight is 324 g/mol. The van der Waals surface area contributed by atoms with Crippen molar-refractivity contribution in [2.24, 2.45) is 0 Å². The Kier molecular flexibility index (Phi) is 5.88. The Morgan fingerprint density at radius 1 is 1.55 bits per heavy atom. The molecule has 1 aromatic heterocycles. The van der Waals surface area contributed by atoms with Gasteiger partial charge in [0.15, 0.2) is 0 Å². The molecule has 2 heterocycles. The SMILES string of the molecule is CSCCC(=O)NC1CCN(C(=O)c2cc(C(C)C)[nH]n2)C1. The summed E-state index contributed by atoms with van der Waals surface area (Å²) in [6.07, 6.45) is 3.32. The number of thioether (sulfide) groups is 1. The Hall–Kier alpha value is -1.50. The van der Waals surface area contributed by atoms with Gasteiger partial charge in [-0.3, -0.25) is 14.7 Å². The van der Waals surface area contributed by atoms with E-state index in [-0.39, 0.29) is 17.9 Å². The van der Waals surface area contributed by atoms with Crippen molar-refractivity contribution >= 4 is 23.6 Å². The summed E-state index contributed by atoms with van der Waals surface area (Å²) in [5.74, 6) is 1.14. The first-order valence-electron chi connectivity index (χ1n) is 7.64. The van der Waals surface area contributed by atoms with Crippen molar-refractivity contribution in [1.29, 1.82) is 0 Å². The second kappa shape index (κ2) is 7.67. The summed E-state index contributed by atoms with van der Waals surface area (Å²) >= 11 is 1.66. The van der Waals surface area contributed by atoms with Crippen molar-refractivity contribution in [2.45, 2.75) is 38.6 Å². The summed E-state index contributed by atoms with van der Waals surface area (Å²) in [5, 5.41) is 10.0. The fourth-order valence-electron chi connectivity index (χ4n) is 2.46. The molecule has 0 aliphatic carbocycles. The molecule has 1 saturated heterocycles. The Balaban J connectivity index is 1.86. The van der Waals surface area contributed by atoms with Crippen molar-refractivity contribution in [3.8, 4) is 0 Å². The van der Waals surface area contributed by atoms with Crippen LogP contribution in [0.5, 0.6) is 0 Å². The summed E-state index contributed by atoms with van der Waals surface area (Å²) in [6, 6.07) is 1.87. The van der Waals surface area contributed by atoms with E-state index in [0.29, 0.717) is 31.1 Å². The van der Waals surface area contributed by atoms with E-state index in [1.54, 1.807) is 16.7 Å². The molecule has 1 atom stereocenters. The molecule has 0 saturated carbocycles. The summed E-state index contributed by atoms with van der Waals surface area (Å²) in [7, 11) is 0. The van der Waals surface area contributed by atoms with E-state index in [0.717, 1.165) is 17.9 Å². The molecule has 122 valence electrons. The average Bonchev–Trinajstić information content (AvgIpc) is 3.13. The number of rotatable bonds is 6. The molecule has 6 nitrogen and oxygen atoms in total. The van der Waals surface area contributed by atoms with E-state index >= 15 is 0 Å². The van der Waals surface area contributed by atoms with E-state index in [2.05, 4.69) is 29.4 Å². The Bertz CT molecular complexity index is 529. The summed E-state index contributed by atoms with van der Waals surface area (Å²) in [6.45, 7) is 5.33. The molecule has 2 N–H and O–H groups in total. The third kappa shape index (κ3) is 4.25. The van der Waals surface area contributed by atoms with Gasteiger partial charge in [-0.05, 0) is 24.7 Å². The van der Waals surface area contributed by atoms with Gasteiger partial charge in [0.25, 0.3) is 5.91 Å². The summed E-state index contributed by atoms with van der Waals surface area (Å²) in [5.41, 5.74) is 1.42. The smallest absolute Gasteiger partial charge is 0.274 e. The highest BCUT2D eigenvalue weighted by atomic mass is 32.2. The molecule has 0 spiro atoms. The molecule has 1 aliphatic heterocycles. The predicted molar refractivity (Wildman–Crippen MR) is 88.1 cm³/mol. The molecule has 0 aromatic carbocycles. The highest BCUT2D eigenvalue weighted by Gasteiger charge is 2.29. The lowest BCUT2D eigenvalue weighted by Crippen LogP contribution is -2.38. The third-order valence-corrected chi connectivity index (χ3v) is 4.42. The fraction of sp³-hybridized carbons (Fsp3) is 0.667. The number of carbonyl (C=O) groups is 2. The number of nitrogens with one attached hydrogen (secondary N) is 2. The van der Waals surface area contributed by atoms with Crippen LogP contribution in [0.25, 0.3) is 0 Å². The number of hydrogen-bond acceptors (Lipinski definition) is 4. The molecule has 1 fully saturated rings. The highest BCUT2D eigenvalue weighted by Crippen LogP contribution is 2.16. The van der Waals surface area contributed by atoms with E-state index in [4.69, 9.17) is 0 Å². The number of aromatic amines is 1. The maximum absolute atomic E-state index is 12.4. The van der Waals surface area contributed by atoms with Gasteiger partial charge < -0.3 is 10.2 Å². The van der Waals surface area contributed by atoms with Crippen LogP contribution < -0.4 is 5.32 Å². The quantitative estimate of drug-likeness (QED) is 0.833. The first-order chi connectivity index (χ1) is 10.5. The Labute approximate surface area is 135 Å². The van der Waals surface area contributed by atoms with Gasteiger partial charge in [0.05, 0.1) is 0 Å². The van der Waals surface area contributed by atoms with Crippen LogP contribution in [0.1, 0.15) is 48.8 Å². The summed E-state index contributed by atoms with van der Waals surface area (Å²) in [4.78, 5) is 25.9. The van der Waals surface area contributed by atoms with Crippen molar-refractivity contribution in [3.05, 3.63) is 17.5 Å². The first-order valence-corrected chi connectivity index (χ1v) is 9.03. The Morgan fingerprint density at radius 3 is 2.95 bits per heavy atom. The van der Waals surface area contributed by atoms with Crippen molar-refractivity contribution < 1.29 is 9.59 Å². The first kappa shape index (κ1) is 16.9. The van der Waals surface area contributed by atoms with E-state index in [9.17, 15) is 9.59 Å². The number of likely N-dealkylation sites (tertiary alicyclic amines) is 1. The van der Waals surface area contributed by atoms with Gasteiger partial charge in [-0.2, -0.15) is 16.9 Å². The van der Waals surface area contributed by atoms with Crippen LogP contribution in [-0.2, 0) is 4.79 Å². The van der Waals surface area contributed by atoms with Gasteiger partial charge in [-0.25, -0.2) is 0 Å². The topological polar surface area (TPSA) is 78.1 Å². The number of H-pyrrole nitrogens is 1. The molecular formula is C15H24N4O2S. The number of nitrogens with zero attached hydrogens (tertiary/aromatic N) is 2. The standard InChI is InChI=1S/C15H24N4O2S/c1-10(2)12-8-13(18-17-12)15(21)19-6-4-11(9-19)16-14(20)5-7-22-3/h8,10-11H,4-7,9H2,1-3H3,(H,16,20)(H,17,18). The molecule has 2 rings (SSSR count). The van der Waals surface area contributed by atoms with Crippen molar-refractivity contribution in [2.75, 3.05) is 25.1 Å². The number of amides is 2. The number of carbonyl (C=O) groups excluding carboxylic acids is 2. The van der Waals surface area contributed by atoms with Gasteiger partial charge in [0, 0.05) is 37.0 Å². The van der Waals surface area contributed by atoms with Gasteiger partial charge in [0.2, 0.25) is 5.91 Å². The van der Waals surface area contributed by atoms with Crippen LogP contribution in [0.4, 0.5) is 0 Å². The normalized spacial score (nSPS) is 18.0. The van der Waals surface area contributed by atoms with Gasteiger partial charge >= 0.3 is 0 Å². The Morgan fingerprint density at radius 2 is 2.32 bits per heavy atom. The summed E-state index contributed by atoms with van der Waals surface area (Å²) < 4.78 is 0.